The molecule has 0 aromatic heterocycles. The molecular formula is C52H78BaO6S2. The van der Waals surface area contributed by atoms with Crippen molar-refractivity contribution in [2.45, 2.75) is 217 Å². The molecular weight excluding hydrogens is 922 g/mol. The van der Waals surface area contributed by atoms with Gasteiger partial charge in [0.25, 0.3) is 0 Å². The van der Waals surface area contributed by atoms with E-state index in [9.17, 15) is 25.9 Å². The maximum Gasteiger partial charge on any atom is 2.00 e. The molecule has 0 saturated heterocycles. The van der Waals surface area contributed by atoms with Crippen molar-refractivity contribution in [1.82, 2.24) is 0 Å². The quantitative estimate of drug-likeness (QED) is 0.0292. The second kappa shape index (κ2) is 31.6. The van der Waals surface area contributed by atoms with Crippen LogP contribution in [0.25, 0.3) is 21.5 Å². The zero-order valence-corrected chi connectivity index (χ0v) is 44.6. The van der Waals surface area contributed by atoms with E-state index < -0.39 is 20.2 Å². The summed E-state index contributed by atoms with van der Waals surface area (Å²) in [7, 11) is -8.97. The number of benzene rings is 4. The molecule has 336 valence electrons. The van der Waals surface area contributed by atoms with Crippen LogP contribution in [0.3, 0.4) is 0 Å². The summed E-state index contributed by atoms with van der Waals surface area (Å²) in [5.41, 5.74) is 4.76. The fraction of sp³-hybridized carbons (Fsp3) is 0.615. The van der Waals surface area contributed by atoms with E-state index in [0.717, 1.165) is 62.1 Å². The van der Waals surface area contributed by atoms with E-state index in [1.165, 1.54) is 163 Å². The molecule has 0 amide bonds. The average molecular weight is 1000 g/mol. The van der Waals surface area contributed by atoms with Gasteiger partial charge in [0.15, 0.2) is 0 Å². The van der Waals surface area contributed by atoms with Gasteiger partial charge in [0.2, 0.25) is 0 Å². The Morgan fingerprint density at radius 2 is 0.590 bits per heavy atom. The maximum absolute atomic E-state index is 11.8. The zero-order chi connectivity index (χ0) is 43.6. The van der Waals surface area contributed by atoms with Crippen LogP contribution in [0.1, 0.15) is 204 Å². The molecule has 0 fully saturated rings. The van der Waals surface area contributed by atoms with E-state index in [-0.39, 0.29) is 58.7 Å². The van der Waals surface area contributed by atoms with Gasteiger partial charge in [0.1, 0.15) is 20.2 Å². The number of hydrogen-bond acceptors (Lipinski definition) is 6. The third kappa shape index (κ3) is 20.2. The summed E-state index contributed by atoms with van der Waals surface area (Å²) >= 11 is 0. The van der Waals surface area contributed by atoms with Gasteiger partial charge in [-0.1, -0.05) is 205 Å². The molecule has 61 heavy (non-hydrogen) atoms. The van der Waals surface area contributed by atoms with Crippen LogP contribution in [-0.4, -0.2) is 74.8 Å². The van der Waals surface area contributed by atoms with E-state index in [1.807, 2.05) is 24.3 Å². The van der Waals surface area contributed by atoms with Crippen LogP contribution in [0.15, 0.2) is 70.5 Å². The summed E-state index contributed by atoms with van der Waals surface area (Å²) in [5.74, 6) is 0. The van der Waals surface area contributed by atoms with Crippen LogP contribution >= 0.6 is 0 Å². The van der Waals surface area contributed by atoms with Crippen LogP contribution < -0.4 is 0 Å². The van der Waals surface area contributed by atoms with Gasteiger partial charge < -0.3 is 9.11 Å². The first-order chi connectivity index (χ1) is 29.0. The van der Waals surface area contributed by atoms with Crippen molar-refractivity contribution >= 4 is 90.7 Å². The fourth-order valence-corrected chi connectivity index (χ4v) is 10.1. The molecule has 0 radical (unpaired) electrons. The topological polar surface area (TPSA) is 114 Å². The normalized spacial score (nSPS) is 11.8. The van der Waals surface area contributed by atoms with Crippen molar-refractivity contribution in [1.29, 1.82) is 0 Å². The molecule has 0 aliphatic carbocycles. The Balaban J connectivity index is 0.000000413. The number of unbranched alkanes of at least 4 members (excludes halogenated alkanes) is 20. The van der Waals surface area contributed by atoms with Crippen LogP contribution in [0.4, 0.5) is 0 Å². The molecule has 0 N–H and O–H groups in total. The van der Waals surface area contributed by atoms with Crippen LogP contribution in [0, 0.1) is 0 Å². The van der Waals surface area contributed by atoms with E-state index in [4.69, 9.17) is 0 Å². The van der Waals surface area contributed by atoms with Gasteiger partial charge in [-0.05, 0) is 107 Å². The Morgan fingerprint density at radius 3 is 0.852 bits per heavy atom. The minimum atomic E-state index is -4.48. The molecule has 0 aliphatic rings. The van der Waals surface area contributed by atoms with Crippen molar-refractivity contribution in [3.05, 3.63) is 82.9 Å². The van der Waals surface area contributed by atoms with Crippen molar-refractivity contribution in [2.24, 2.45) is 0 Å². The Morgan fingerprint density at radius 1 is 0.344 bits per heavy atom. The van der Waals surface area contributed by atoms with Gasteiger partial charge in [-0.2, -0.15) is 0 Å². The largest absolute Gasteiger partial charge is 2.00 e. The van der Waals surface area contributed by atoms with Crippen molar-refractivity contribution in [3.8, 4) is 0 Å². The van der Waals surface area contributed by atoms with E-state index in [2.05, 4.69) is 39.8 Å². The van der Waals surface area contributed by atoms with Crippen LogP contribution in [0.5, 0.6) is 0 Å². The first-order valence-corrected chi connectivity index (χ1v) is 26.8. The minimum absolute atomic E-state index is 0. The molecule has 4 rings (SSSR count). The monoisotopic (exact) mass is 1000 g/mol. The van der Waals surface area contributed by atoms with Crippen molar-refractivity contribution in [2.75, 3.05) is 0 Å². The smallest absolute Gasteiger partial charge is 0.744 e. The molecule has 9 heteroatoms. The van der Waals surface area contributed by atoms with Crippen LogP contribution in [0.2, 0.25) is 0 Å². The standard InChI is InChI=1S/2C26H40O3S.Ba/c2*1-3-5-7-9-11-13-16-22-18-15-19-24-25(30(27,28)29)21-20-23(26(22)24)17-14-12-10-8-6-4-2;/h2*15,18-21H,3-14,16-17H2,1-2H3,(H,27,28,29);/q;;+2/p-2. The Bertz CT molecular complexity index is 1850. The molecule has 0 bridgehead atoms. The molecule has 4 aromatic rings. The number of hydrogen-bond donors (Lipinski definition) is 0. The van der Waals surface area contributed by atoms with Gasteiger partial charge in [0.05, 0.1) is 9.79 Å². The Labute approximate surface area is 412 Å². The SMILES string of the molecule is CCCCCCCCc1cccc2c(S(=O)(=O)[O-])ccc(CCCCCCCC)c12.CCCCCCCCc1cccc2c(S(=O)(=O)[O-])ccc(CCCCCCCC)c12.[Ba+2]. The predicted octanol–water partition coefficient (Wildman–Crippen LogP) is 14.7. The third-order valence-corrected chi connectivity index (χ3v) is 13.9. The van der Waals surface area contributed by atoms with Crippen molar-refractivity contribution in [3.63, 3.8) is 0 Å². The second-order valence-corrected chi connectivity index (χ2v) is 19.8. The maximum atomic E-state index is 11.8. The van der Waals surface area contributed by atoms with E-state index >= 15 is 0 Å². The summed E-state index contributed by atoms with van der Waals surface area (Å²) < 4.78 is 71.0. The van der Waals surface area contributed by atoms with Gasteiger partial charge in [-0.3, -0.25) is 0 Å². The zero-order valence-electron chi connectivity index (χ0n) is 38.5. The van der Waals surface area contributed by atoms with E-state index in [1.54, 1.807) is 12.1 Å². The van der Waals surface area contributed by atoms with Gasteiger partial charge in [-0.25, -0.2) is 16.8 Å². The first kappa shape index (κ1) is 55.9. The summed E-state index contributed by atoms with van der Waals surface area (Å²) in [5, 5.41) is 3.24. The summed E-state index contributed by atoms with van der Waals surface area (Å²) in [6.07, 6.45) is 33.3. The summed E-state index contributed by atoms with van der Waals surface area (Å²) in [6, 6.07) is 18.4. The molecule has 0 spiro atoms. The fourth-order valence-electron chi connectivity index (χ4n) is 8.72. The molecule has 0 unspecified atom stereocenters. The van der Waals surface area contributed by atoms with Gasteiger partial charge in [-0.15, -0.1) is 0 Å². The van der Waals surface area contributed by atoms with Crippen molar-refractivity contribution < 1.29 is 25.9 Å². The Hall–Kier alpha value is -1.21. The van der Waals surface area contributed by atoms with E-state index in [0.29, 0.717) is 10.8 Å². The summed E-state index contributed by atoms with van der Waals surface area (Å²) in [6.45, 7) is 8.90. The Kier molecular flexibility index (Phi) is 29.0. The molecule has 6 nitrogen and oxygen atoms in total. The molecule has 0 atom stereocenters. The van der Waals surface area contributed by atoms with Gasteiger partial charge >= 0.3 is 48.9 Å². The predicted molar refractivity (Wildman–Crippen MR) is 258 cm³/mol. The molecule has 0 heterocycles. The number of aryl methyl sites for hydroxylation is 4. The number of rotatable bonds is 30. The van der Waals surface area contributed by atoms with Gasteiger partial charge in [0, 0.05) is 0 Å². The third-order valence-electron chi connectivity index (χ3n) is 12.1. The first-order valence-electron chi connectivity index (χ1n) is 24.0. The number of fused-ring (bicyclic) bond motifs is 2. The minimum Gasteiger partial charge on any atom is -0.744 e. The second-order valence-electron chi connectivity index (χ2n) is 17.1. The summed E-state index contributed by atoms with van der Waals surface area (Å²) in [4.78, 5) is -0.150. The molecule has 4 aromatic carbocycles. The molecule has 0 aliphatic heterocycles. The molecule has 0 saturated carbocycles. The average Bonchev–Trinajstić information content (AvgIpc) is 3.22. The van der Waals surface area contributed by atoms with Crippen LogP contribution in [-0.2, 0) is 45.9 Å².